The van der Waals surface area contributed by atoms with Crippen LogP contribution in [-0.2, 0) is 0 Å². The number of ketones is 1. The third kappa shape index (κ3) is 10.7. The van der Waals surface area contributed by atoms with Crippen molar-refractivity contribution < 1.29 is 29.3 Å². The van der Waals surface area contributed by atoms with Crippen LogP contribution in [0.25, 0.3) is 10.8 Å². The largest absolute Gasteiger partial charge is 0.545 e. The number of carbonyl (C=O) groups is 3. The molecular formula is C37H60N3O4+. The predicted molar refractivity (Wildman–Crippen MR) is 179 cm³/mol. The summed E-state index contributed by atoms with van der Waals surface area (Å²) in [7, 11) is 0. The van der Waals surface area contributed by atoms with E-state index in [4.69, 9.17) is 0 Å². The number of aromatic carboxylic acids is 1. The summed E-state index contributed by atoms with van der Waals surface area (Å²) in [4.78, 5) is 41.4. The molecular weight excluding hydrogens is 550 g/mol. The van der Waals surface area contributed by atoms with E-state index in [0.717, 1.165) is 56.9 Å². The molecule has 0 saturated heterocycles. The molecule has 0 aromatic heterocycles. The molecule has 0 bridgehead atoms. The number of rotatable bonds is 12. The summed E-state index contributed by atoms with van der Waals surface area (Å²) in [5.74, 6) is -1.24. The Morgan fingerprint density at radius 3 is 1.59 bits per heavy atom. The molecule has 0 atom stereocenters. The molecule has 0 unspecified atom stereocenters. The van der Waals surface area contributed by atoms with Gasteiger partial charge in [0.1, 0.15) is 0 Å². The Labute approximate surface area is 266 Å². The highest BCUT2D eigenvalue weighted by molar-refractivity contribution is 6.20. The van der Waals surface area contributed by atoms with Crippen molar-refractivity contribution in [1.29, 1.82) is 0 Å². The number of hydrogen-bond acceptors (Lipinski definition) is 4. The minimum absolute atomic E-state index is 0.0270. The van der Waals surface area contributed by atoms with Gasteiger partial charge in [-0.05, 0) is 90.3 Å². The Morgan fingerprint density at radius 1 is 0.682 bits per heavy atom. The minimum Gasteiger partial charge on any atom is -0.545 e. The number of Topliss-reactive ketones (excluding diaryl/α,β-unsaturated/α-hetero) is 1. The lowest BCUT2D eigenvalue weighted by atomic mass is 9.88. The van der Waals surface area contributed by atoms with Crippen LogP contribution in [0.4, 0.5) is 0 Å². The quantitative estimate of drug-likeness (QED) is 0.319. The fraction of sp³-hybridized carbons (Fsp3) is 0.649. The van der Waals surface area contributed by atoms with E-state index in [-0.39, 0.29) is 23.3 Å². The number of nitrogens with one attached hydrogen (secondary N) is 3. The van der Waals surface area contributed by atoms with Crippen molar-refractivity contribution in [3.8, 4) is 0 Å². The van der Waals surface area contributed by atoms with Gasteiger partial charge < -0.3 is 25.0 Å². The first kappa shape index (κ1) is 37.4. The molecule has 44 heavy (non-hydrogen) atoms. The topological polar surface area (TPSA) is 95.2 Å². The average Bonchev–Trinajstić information content (AvgIpc) is 3.74. The summed E-state index contributed by atoms with van der Waals surface area (Å²) in [6.07, 6.45) is 8.92. The van der Waals surface area contributed by atoms with Crippen molar-refractivity contribution in [2.45, 2.75) is 112 Å². The van der Waals surface area contributed by atoms with E-state index in [1.165, 1.54) is 45.3 Å². The zero-order valence-electron chi connectivity index (χ0n) is 28.7. The Balaban J connectivity index is 0.000000402. The molecule has 7 heteroatoms. The van der Waals surface area contributed by atoms with Gasteiger partial charge in [-0.3, -0.25) is 9.59 Å². The van der Waals surface area contributed by atoms with Crippen LogP contribution in [0.15, 0.2) is 24.3 Å². The van der Waals surface area contributed by atoms with Gasteiger partial charge in [0.2, 0.25) is 0 Å². The lowest BCUT2D eigenvalue weighted by Gasteiger charge is -2.19. The molecule has 2 fully saturated rings. The summed E-state index contributed by atoms with van der Waals surface area (Å²) < 4.78 is 0. The highest BCUT2D eigenvalue weighted by atomic mass is 16.4. The zero-order chi connectivity index (χ0) is 32.6. The predicted octanol–water partition coefficient (Wildman–Crippen LogP) is 3.81. The van der Waals surface area contributed by atoms with Crippen LogP contribution in [0.5, 0.6) is 0 Å². The van der Waals surface area contributed by atoms with Gasteiger partial charge in [-0.15, -0.1) is 0 Å². The fourth-order valence-corrected chi connectivity index (χ4v) is 6.68. The van der Waals surface area contributed by atoms with E-state index in [2.05, 4.69) is 46.9 Å². The Bertz CT molecular complexity index is 1170. The first-order chi connectivity index (χ1) is 21.1. The second kappa shape index (κ2) is 19.6. The number of carbonyl (C=O) groups excluding carboxylic acids is 3. The van der Waals surface area contributed by atoms with E-state index in [9.17, 15) is 19.5 Å². The van der Waals surface area contributed by atoms with Crippen molar-refractivity contribution in [3.63, 3.8) is 0 Å². The number of carboxylic acids is 1. The normalized spacial score (nSPS) is 15.2. The summed E-state index contributed by atoms with van der Waals surface area (Å²) in [6, 6.07) is 6.64. The van der Waals surface area contributed by atoms with Gasteiger partial charge in [-0.2, -0.15) is 0 Å². The summed E-state index contributed by atoms with van der Waals surface area (Å²) in [5.41, 5.74) is 1.56. The van der Waals surface area contributed by atoms with E-state index in [0.29, 0.717) is 34.2 Å². The first-order valence-corrected chi connectivity index (χ1v) is 17.4. The lowest BCUT2D eigenvalue weighted by molar-refractivity contribution is -0.894. The van der Waals surface area contributed by atoms with Crippen LogP contribution in [0, 0.1) is 12.8 Å². The fourth-order valence-electron chi connectivity index (χ4n) is 6.68. The van der Waals surface area contributed by atoms with Crippen LogP contribution < -0.4 is 20.2 Å². The number of carboxylic acid groups (broad SMARTS) is 1. The van der Waals surface area contributed by atoms with Crippen molar-refractivity contribution in [2.24, 2.45) is 5.92 Å². The zero-order valence-corrected chi connectivity index (χ0v) is 28.7. The van der Waals surface area contributed by atoms with Gasteiger partial charge >= 0.3 is 0 Å². The molecule has 0 spiro atoms. The number of fused-ring (bicyclic) bond motifs is 1. The van der Waals surface area contributed by atoms with Gasteiger partial charge in [0, 0.05) is 34.5 Å². The molecule has 0 radical (unpaired) electrons. The average molecular weight is 611 g/mol. The smallest absolute Gasteiger partial charge is 0.252 e. The second-order valence-corrected chi connectivity index (χ2v) is 12.5. The molecule has 2 aliphatic rings. The monoisotopic (exact) mass is 610 g/mol. The molecule has 2 aromatic carbocycles. The number of aryl methyl sites for hydroxylation is 1. The number of hydrogen-bond donors (Lipinski definition) is 3. The van der Waals surface area contributed by atoms with E-state index in [1.807, 2.05) is 6.92 Å². The standard InChI is InChI=1S/C25H29NO4.2C6H15N/c1-15-10-11-20(25(29)30)23-18(21(27)14-16-6-2-3-7-16)12-13-19(22(15)23)24(28)26-17-8-4-5-9-17;2*1-4-7(5-2)6-3/h10-13,16-17H,2-9,14H2,1H3,(H,26,28)(H,29,30);2*4-6H2,1-3H3/p+1. The van der Waals surface area contributed by atoms with E-state index in [1.54, 1.807) is 28.0 Å². The van der Waals surface area contributed by atoms with Crippen LogP contribution >= 0.6 is 0 Å². The molecule has 2 saturated carbocycles. The van der Waals surface area contributed by atoms with Gasteiger partial charge in [0.15, 0.2) is 5.78 Å². The Morgan fingerprint density at radius 2 is 1.14 bits per heavy atom. The summed E-state index contributed by atoms with van der Waals surface area (Å²) >= 11 is 0. The molecule has 4 rings (SSSR count). The third-order valence-electron chi connectivity index (χ3n) is 9.77. The van der Waals surface area contributed by atoms with Crippen molar-refractivity contribution in [2.75, 3.05) is 39.3 Å². The summed E-state index contributed by atoms with van der Waals surface area (Å²) in [6.45, 7) is 22.8. The van der Waals surface area contributed by atoms with Gasteiger partial charge in [-0.1, -0.05) is 50.7 Å². The van der Waals surface area contributed by atoms with Crippen molar-refractivity contribution in [1.82, 2.24) is 5.32 Å². The molecule has 0 heterocycles. The van der Waals surface area contributed by atoms with Crippen LogP contribution in [0.3, 0.4) is 0 Å². The molecule has 246 valence electrons. The first-order valence-electron chi connectivity index (χ1n) is 17.4. The van der Waals surface area contributed by atoms with E-state index < -0.39 is 5.97 Å². The Kier molecular flexibility index (Phi) is 16.7. The van der Waals surface area contributed by atoms with Gasteiger partial charge in [0.05, 0.1) is 45.2 Å². The summed E-state index contributed by atoms with van der Waals surface area (Å²) in [5, 5.41) is 15.9. The van der Waals surface area contributed by atoms with Crippen molar-refractivity contribution >= 4 is 28.4 Å². The molecule has 2 aromatic rings. The molecule has 2 aliphatic carbocycles. The van der Waals surface area contributed by atoms with Crippen LogP contribution in [-0.4, -0.2) is 63.0 Å². The third-order valence-corrected chi connectivity index (χ3v) is 9.77. The van der Waals surface area contributed by atoms with Crippen LogP contribution in [0.1, 0.15) is 136 Å². The van der Waals surface area contributed by atoms with Crippen LogP contribution in [0.2, 0.25) is 0 Å². The number of quaternary nitrogens is 2. The number of amides is 1. The SMILES string of the molecule is CC[NH+](CC)CC.CC[NH+](CC)CC.Cc1ccc(C(=O)[O-])c2c(C(=O)CC3CCCC3)ccc(C(=O)NC3CCCC3)c12. The van der Waals surface area contributed by atoms with E-state index >= 15 is 0 Å². The maximum Gasteiger partial charge on any atom is 0.252 e. The highest BCUT2D eigenvalue weighted by Crippen LogP contribution is 2.34. The van der Waals surface area contributed by atoms with Gasteiger partial charge in [-0.25, -0.2) is 0 Å². The molecule has 3 N–H and O–H groups in total. The molecule has 1 amide bonds. The highest BCUT2D eigenvalue weighted by Gasteiger charge is 2.25. The molecule has 7 nitrogen and oxygen atoms in total. The minimum atomic E-state index is -1.33. The van der Waals surface area contributed by atoms with Crippen molar-refractivity contribution in [3.05, 3.63) is 46.5 Å². The maximum absolute atomic E-state index is 13.1. The second-order valence-electron chi connectivity index (χ2n) is 12.5. The Hall–Kier alpha value is -2.77. The number of benzene rings is 2. The lowest BCUT2D eigenvalue weighted by Crippen LogP contribution is -3.11. The molecule has 0 aliphatic heterocycles. The van der Waals surface area contributed by atoms with Gasteiger partial charge in [0.25, 0.3) is 5.91 Å². The maximum atomic E-state index is 13.1.